The molecule has 0 unspecified atom stereocenters. The van der Waals surface area contributed by atoms with Crippen LogP contribution in [0.1, 0.15) is 36.8 Å². The van der Waals surface area contributed by atoms with E-state index in [4.69, 9.17) is 4.74 Å². The number of benzene rings is 1. The molecule has 3 aromatic rings. The first-order chi connectivity index (χ1) is 14.6. The zero-order valence-corrected chi connectivity index (χ0v) is 17.3. The van der Waals surface area contributed by atoms with Gasteiger partial charge in [-0.3, -0.25) is 4.79 Å². The van der Waals surface area contributed by atoms with Gasteiger partial charge in [-0.1, -0.05) is 12.1 Å². The molecule has 154 valence electrons. The van der Waals surface area contributed by atoms with E-state index in [9.17, 15) is 4.79 Å². The summed E-state index contributed by atoms with van der Waals surface area (Å²) in [4.78, 5) is 22.5. The second-order valence-corrected chi connectivity index (χ2v) is 7.67. The van der Waals surface area contributed by atoms with Gasteiger partial charge < -0.3 is 15.0 Å². The van der Waals surface area contributed by atoms with Crippen LogP contribution in [0.15, 0.2) is 60.9 Å². The van der Waals surface area contributed by atoms with Gasteiger partial charge in [0.05, 0.1) is 0 Å². The molecule has 0 aliphatic carbocycles. The highest BCUT2D eigenvalue weighted by Gasteiger charge is 2.25. The number of amides is 1. The van der Waals surface area contributed by atoms with E-state index >= 15 is 0 Å². The SMILES string of the molecule is CC(=O)N1CCC[C@H](c2cccnc2Oc2ccc(Nc3ccc(C)cn3)cc2)C1. The highest BCUT2D eigenvalue weighted by molar-refractivity contribution is 5.73. The number of nitrogens with zero attached hydrogens (tertiary/aromatic N) is 3. The van der Waals surface area contributed by atoms with Crippen molar-refractivity contribution >= 4 is 17.4 Å². The van der Waals surface area contributed by atoms with E-state index in [1.54, 1.807) is 13.1 Å². The number of carbonyl (C=O) groups is 1. The molecule has 1 amide bonds. The van der Waals surface area contributed by atoms with Crippen LogP contribution in [-0.2, 0) is 4.79 Å². The summed E-state index contributed by atoms with van der Waals surface area (Å²) in [5.74, 6) is 2.48. The van der Waals surface area contributed by atoms with Crippen molar-refractivity contribution in [3.05, 3.63) is 72.1 Å². The fraction of sp³-hybridized carbons (Fsp3) is 0.292. The summed E-state index contributed by atoms with van der Waals surface area (Å²) >= 11 is 0. The number of piperidine rings is 1. The zero-order valence-electron chi connectivity index (χ0n) is 17.3. The van der Waals surface area contributed by atoms with Crippen molar-refractivity contribution < 1.29 is 9.53 Å². The average molecular weight is 402 g/mol. The molecule has 1 aromatic carbocycles. The van der Waals surface area contributed by atoms with Crippen LogP contribution in [0.3, 0.4) is 0 Å². The third-order valence-electron chi connectivity index (χ3n) is 5.36. The minimum absolute atomic E-state index is 0.122. The molecule has 4 rings (SSSR count). The quantitative estimate of drug-likeness (QED) is 0.647. The molecule has 0 spiro atoms. The van der Waals surface area contributed by atoms with E-state index in [1.165, 1.54) is 0 Å². The Balaban J connectivity index is 1.47. The zero-order chi connectivity index (χ0) is 20.9. The molecule has 1 aliphatic rings. The first-order valence-electron chi connectivity index (χ1n) is 10.3. The summed E-state index contributed by atoms with van der Waals surface area (Å²) in [5, 5.41) is 3.28. The lowest BCUT2D eigenvalue weighted by molar-refractivity contribution is -0.130. The summed E-state index contributed by atoms with van der Waals surface area (Å²) in [6.45, 7) is 5.18. The van der Waals surface area contributed by atoms with E-state index in [0.717, 1.165) is 47.8 Å². The fourth-order valence-electron chi connectivity index (χ4n) is 3.72. The van der Waals surface area contributed by atoms with Crippen molar-refractivity contribution in [3.8, 4) is 11.6 Å². The Labute approximate surface area is 176 Å². The summed E-state index contributed by atoms with van der Waals surface area (Å²) in [6, 6.07) is 15.7. The lowest BCUT2D eigenvalue weighted by Gasteiger charge is -2.32. The lowest BCUT2D eigenvalue weighted by atomic mass is 9.91. The Hall–Kier alpha value is -3.41. The Morgan fingerprint density at radius 2 is 1.97 bits per heavy atom. The molecule has 30 heavy (non-hydrogen) atoms. The molecule has 1 N–H and O–H groups in total. The van der Waals surface area contributed by atoms with Gasteiger partial charge in [0.1, 0.15) is 11.6 Å². The third kappa shape index (κ3) is 4.76. The second-order valence-electron chi connectivity index (χ2n) is 7.67. The molecule has 0 saturated carbocycles. The third-order valence-corrected chi connectivity index (χ3v) is 5.36. The van der Waals surface area contributed by atoms with Gasteiger partial charge in [0.2, 0.25) is 11.8 Å². The molecular formula is C24H26N4O2. The van der Waals surface area contributed by atoms with Gasteiger partial charge in [0, 0.05) is 49.6 Å². The number of rotatable bonds is 5. The number of aromatic nitrogens is 2. The standard InChI is InChI=1S/C24H26N4O2/c1-17-7-12-23(26-15-17)27-20-8-10-21(11-9-20)30-24-22(6-3-13-25-24)19-5-4-14-28(16-19)18(2)29/h3,6-13,15,19H,4-5,14,16H2,1-2H3,(H,26,27)/t19-/m0/s1. The number of anilines is 2. The lowest BCUT2D eigenvalue weighted by Crippen LogP contribution is -2.37. The van der Waals surface area contributed by atoms with Crippen LogP contribution in [0, 0.1) is 6.92 Å². The molecule has 1 atom stereocenters. The molecule has 2 aromatic heterocycles. The number of aryl methyl sites for hydroxylation is 1. The van der Waals surface area contributed by atoms with E-state index in [-0.39, 0.29) is 11.8 Å². The highest BCUT2D eigenvalue weighted by Crippen LogP contribution is 2.34. The number of hydrogen-bond acceptors (Lipinski definition) is 5. The van der Waals surface area contributed by atoms with Crippen LogP contribution in [0.2, 0.25) is 0 Å². The van der Waals surface area contributed by atoms with Gasteiger partial charge in [0.15, 0.2) is 0 Å². The first-order valence-corrected chi connectivity index (χ1v) is 10.3. The number of likely N-dealkylation sites (tertiary alicyclic amines) is 1. The second kappa shape index (κ2) is 8.95. The fourth-order valence-corrected chi connectivity index (χ4v) is 3.72. The Kier molecular flexibility index (Phi) is 5.93. The largest absolute Gasteiger partial charge is 0.439 e. The monoisotopic (exact) mass is 402 g/mol. The maximum Gasteiger partial charge on any atom is 0.222 e. The van der Waals surface area contributed by atoms with Gasteiger partial charge in [-0.25, -0.2) is 9.97 Å². The minimum atomic E-state index is 0.122. The number of hydrogen-bond donors (Lipinski definition) is 1. The van der Waals surface area contributed by atoms with E-state index in [1.807, 2.05) is 60.5 Å². The van der Waals surface area contributed by atoms with Crippen LogP contribution in [0.5, 0.6) is 11.6 Å². The van der Waals surface area contributed by atoms with Crippen molar-refractivity contribution in [3.63, 3.8) is 0 Å². The summed E-state index contributed by atoms with van der Waals surface area (Å²) in [6.07, 6.45) is 5.59. The van der Waals surface area contributed by atoms with Crippen molar-refractivity contribution in [2.24, 2.45) is 0 Å². The summed E-state index contributed by atoms with van der Waals surface area (Å²) < 4.78 is 6.12. The van der Waals surface area contributed by atoms with Crippen molar-refractivity contribution in [1.29, 1.82) is 0 Å². The maximum absolute atomic E-state index is 11.8. The van der Waals surface area contributed by atoms with E-state index in [2.05, 4.69) is 21.4 Å². The Morgan fingerprint density at radius 1 is 1.13 bits per heavy atom. The van der Waals surface area contributed by atoms with Crippen LogP contribution < -0.4 is 10.1 Å². The van der Waals surface area contributed by atoms with Gasteiger partial charge in [0.25, 0.3) is 0 Å². The van der Waals surface area contributed by atoms with Crippen LogP contribution in [0.25, 0.3) is 0 Å². The summed E-state index contributed by atoms with van der Waals surface area (Å²) in [5.41, 5.74) is 3.11. The summed E-state index contributed by atoms with van der Waals surface area (Å²) in [7, 11) is 0. The normalized spacial score (nSPS) is 16.2. The molecule has 1 fully saturated rings. The van der Waals surface area contributed by atoms with Gasteiger partial charge in [-0.05, 0) is 61.7 Å². The Bertz CT molecular complexity index is 1000. The molecular weight excluding hydrogens is 376 g/mol. The molecule has 3 heterocycles. The molecule has 6 heteroatoms. The average Bonchev–Trinajstić information content (AvgIpc) is 2.77. The van der Waals surface area contributed by atoms with Crippen LogP contribution in [-0.4, -0.2) is 33.9 Å². The van der Waals surface area contributed by atoms with Crippen LogP contribution in [0.4, 0.5) is 11.5 Å². The maximum atomic E-state index is 11.8. The Morgan fingerprint density at radius 3 is 2.70 bits per heavy atom. The van der Waals surface area contributed by atoms with Crippen LogP contribution >= 0.6 is 0 Å². The van der Waals surface area contributed by atoms with Gasteiger partial charge in [-0.15, -0.1) is 0 Å². The highest BCUT2D eigenvalue weighted by atomic mass is 16.5. The number of ether oxygens (including phenoxy) is 1. The van der Waals surface area contributed by atoms with Crippen molar-refractivity contribution in [2.45, 2.75) is 32.6 Å². The van der Waals surface area contributed by atoms with Crippen molar-refractivity contribution in [1.82, 2.24) is 14.9 Å². The minimum Gasteiger partial charge on any atom is -0.439 e. The molecule has 1 aliphatic heterocycles. The molecule has 6 nitrogen and oxygen atoms in total. The van der Waals surface area contributed by atoms with Crippen molar-refractivity contribution in [2.75, 3.05) is 18.4 Å². The molecule has 0 radical (unpaired) electrons. The topological polar surface area (TPSA) is 67.4 Å². The van der Waals surface area contributed by atoms with E-state index < -0.39 is 0 Å². The van der Waals surface area contributed by atoms with E-state index in [0.29, 0.717) is 12.4 Å². The number of pyridine rings is 2. The predicted molar refractivity (Wildman–Crippen MR) is 117 cm³/mol. The van der Waals surface area contributed by atoms with Gasteiger partial charge in [-0.2, -0.15) is 0 Å². The molecule has 1 saturated heterocycles. The smallest absolute Gasteiger partial charge is 0.222 e. The molecule has 0 bridgehead atoms. The number of nitrogens with one attached hydrogen (secondary N) is 1. The number of carbonyl (C=O) groups excluding carboxylic acids is 1. The predicted octanol–water partition coefficient (Wildman–Crippen LogP) is 5.05. The first kappa shape index (κ1) is 19.9. The van der Waals surface area contributed by atoms with Gasteiger partial charge >= 0.3 is 0 Å².